The normalized spacial score (nSPS) is 11.6. The largest absolute Gasteiger partial charge is 0.350 e. The molecule has 0 radical (unpaired) electrons. The van der Waals surface area contributed by atoms with Gasteiger partial charge in [-0.15, -0.1) is 12.4 Å². The minimum atomic E-state index is -0.450. The van der Waals surface area contributed by atoms with Crippen LogP contribution in [-0.2, 0) is 4.79 Å². The van der Waals surface area contributed by atoms with Gasteiger partial charge >= 0.3 is 0 Å². The number of halogens is 3. The third-order valence-corrected chi connectivity index (χ3v) is 3.47. The van der Waals surface area contributed by atoms with Gasteiger partial charge in [0, 0.05) is 6.42 Å². The summed E-state index contributed by atoms with van der Waals surface area (Å²) in [5, 5.41) is 2.96. The summed E-state index contributed by atoms with van der Waals surface area (Å²) in [4.78, 5) is 11.8. The summed E-state index contributed by atoms with van der Waals surface area (Å²) in [5.41, 5.74) is 6.21. The molecule has 1 rings (SSSR count). The van der Waals surface area contributed by atoms with Crippen LogP contribution in [0.5, 0.6) is 0 Å². The van der Waals surface area contributed by atoms with Crippen molar-refractivity contribution in [2.75, 3.05) is 6.54 Å². The molecule has 1 unspecified atom stereocenters. The highest BCUT2D eigenvalue weighted by molar-refractivity contribution is 6.30. The standard InChI is InChI=1S/C15H22ClFN2O.ClH/c1-11(12-7-8-14(17)13(16)10-12)19-15(20)6-4-2-3-5-9-18;/h7-8,10-11H,2-6,9,18H2,1H3,(H,19,20);1H. The Morgan fingerprint density at radius 1 is 1.33 bits per heavy atom. The number of carbonyl (C=O) groups excluding carboxylic acids is 1. The van der Waals surface area contributed by atoms with Crippen molar-refractivity contribution in [2.45, 2.75) is 45.1 Å². The van der Waals surface area contributed by atoms with E-state index in [1.807, 2.05) is 6.92 Å². The Bertz CT molecular complexity index is 444. The minimum absolute atomic E-state index is 0. The number of hydrogen-bond donors (Lipinski definition) is 2. The zero-order valence-corrected chi connectivity index (χ0v) is 13.8. The third kappa shape index (κ3) is 7.65. The molecule has 3 nitrogen and oxygen atoms in total. The smallest absolute Gasteiger partial charge is 0.220 e. The molecule has 3 N–H and O–H groups in total. The topological polar surface area (TPSA) is 55.1 Å². The van der Waals surface area contributed by atoms with Crippen LogP contribution < -0.4 is 11.1 Å². The van der Waals surface area contributed by atoms with Gasteiger partial charge in [0.15, 0.2) is 0 Å². The fraction of sp³-hybridized carbons (Fsp3) is 0.533. The van der Waals surface area contributed by atoms with Crippen LogP contribution in [-0.4, -0.2) is 12.5 Å². The van der Waals surface area contributed by atoms with E-state index in [1.54, 1.807) is 12.1 Å². The molecular weight excluding hydrogens is 314 g/mol. The Kier molecular flexibility index (Phi) is 10.4. The van der Waals surface area contributed by atoms with Gasteiger partial charge in [-0.2, -0.15) is 0 Å². The van der Waals surface area contributed by atoms with E-state index in [0.717, 1.165) is 31.2 Å². The summed E-state index contributed by atoms with van der Waals surface area (Å²) < 4.78 is 13.1. The summed E-state index contributed by atoms with van der Waals surface area (Å²) in [6.45, 7) is 2.56. The molecule has 1 atom stereocenters. The highest BCUT2D eigenvalue weighted by atomic mass is 35.5. The second-order valence-corrected chi connectivity index (χ2v) is 5.32. The van der Waals surface area contributed by atoms with E-state index in [1.165, 1.54) is 6.07 Å². The number of rotatable bonds is 8. The lowest BCUT2D eigenvalue weighted by molar-refractivity contribution is -0.121. The SMILES string of the molecule is CC(NC(=O)CCCCCCN)c1ccc(F)c(Cl)c1.Cl. The van der Waals surface area contributed by atoms with Crippen LogP contribution in [0.1, 0.15) is 50.6 Å². The molecule has 6 heteroatoms. The molecule has 0 fully saturated rings. The third-order valence-electron chi connectivity index (χ3n) is 3.18. The fourth-order valence-corrected chi connectivity index (χ4v) is 2.15. The first-order chi connectivity index (χ1) is 9.54. The number of amides is 1. The van der Waals surface area contributed by atoms with E-state index >= 15 is 0 Å². The van der Waals surface area contributed by atoms with E-state index in [-0.39, 0.29) is 29.4 Å². The highest BCUT2D eigenvalue weighted by Crippen LogP contribution is 2.20. The van der Waals surface area contributed by atoms with Gasteiger partial charge in [-0.05, 0) is 44.0 Å². The summed E-state index contributed by atoms with van der Waals surface area (Å²) in [6.07, 6.45) is 4.45. The predicted molar refractivity (Wildman–Crippen MR) is 87.4 cm³/mol. The lowest BCUT2D eigenvalue weighted by atomic mass is 10.1. The summed E-state index contributed by atoms with van der Waals surface area (Å²) >= 11 is 5.73. The van der Waals surface area contributed by atoms with Gasteiger partial charge in [-0.1, -0.05) is 30.5 Å². The van der Waals surface area contributed by atoms with Gasteiger partial charge < -0.3 is 11.1 Å². The summed E-state index contributed by atoms with van der Waals surface area (Å²) in [6, 6.07) is 4.31. The average Bonchev–Trinajstić information content (AvgIpc) is 2.41. The molecule has 0 aliphatic heterocycles. The molecular formula is C15H23Cl2FN2O. The number of unbranched alkanes of at least 4 members (excludes halogenated alkanes) is 3. The van der Waals surface area contributed by atoms with Crippen LogP contribution in [0, 0.1) is 5.82 Å². The Morgan fingerprint density at radius 3 is 2.62 bits per heavy atom. The van der Waals surface area contributed by atoms with Crippen LogP contribution in [0.15, 0.2) is 18.2 Å². The van der Waals surface area contributed by atoms with Crippen LogP contribution in [0.2, 0.25) is 5.02 Å². The second-order valence-electron chi connectivity index (χ2n) is 4.92. The van der Waals surface area contributed by atoms with Gasteiger partial charge in [0.25, 0.3) is 0 Å². The lowest BCUT2D eigenvalue weighted by Gasteiger charge is -2.14. The Hall–Kier alpha value is -0.840. The Labute approximate surface area is 136 Å². The molecule has 0 heterocycles. The molecule has 0 spiro atoms. The quantitative estimate of drug-likeness (QED) is 0.705. The van der Waals surface area contributed by atoms with E-state index in [0.29, 0.717) is 13.0 Å². The van der Waals surface area contributed by atoms with Crippen molar-refractivity contribution in [1.82, 2.24) is 5.32 Å². The van der Waals surface area contributed by atoms with Crippen molar-refractivity contribution in [1.29, 1.82) is 0 Å². The van der Waals surface area contributed by atoms with Crippen LogP contribution in [0.3, 0.4) is 0 Å². The number of hydrogen-bond acceptors (Lipinski definition) is 2. The maximum Gasteiger partial charge on any atom is 0.220 e. The molecule has 0 bridgehead atoms. The average molecular weight is 337 g/mol. The van der Waals surface area contributed by atoms with Gasteiger partial charge in [-0.3, -0.25) is 4.79 Å². The molecule has 120 valence electrons. The molecule has 1 amide bonds. The van der Waals surface area contributed by atoms with Crippen molar-refractivity contribution in [3.8, 4) is 0 Å². The van der Waals surface area contributed by atoms with E-state index in [2.05, 4.69) is 5.32 Å². The molecule has 0 saturated carbocycles. The fourth-order valence-electron chi connectivity index (χ4n) is 1.96. The number of benzene rings is 1. The van der Waals surface area contributed by atoms with Crippen molar-refractivity contribution in [2.24, 2.45) is 5.73 Å². The number of nitrogens with two attached hydrogens (primary N) is 1. The summed E-state index contributed by atoms with van der Waals surface area (Å²) in [5.74, 6) is -0.445. The van der Waals surface area contributed by atoms with Gasteiger partial charge in [0.05, 0.1) is 11.1 Å². The molecule has 21 heavy (non-hydrogen) atoms. The molecule has 1 aromatic rings. The van der Waals surface area contributed by atoms with E-state index in [9.17, 15) is 9.18 Å². The monoisotopic (exact) mass is 336 g/mol. The van der Waals surface area contributed by atoms with Crippen LogP contribution in [0.25, 0.3) is 0 Å². The molecule has 0 aliphatic rings. The molecule has 0 saturated heterocycles. The van der Waals surface area contributed by atoms with Crippen LogP contribution in [0.4, 0.5) is 4.39 Å². The predicted octanol–water partition coefficient (Wildman–Crippen LogP) is 3.99. The first kappa shape index (κ1) is 20.2. The number of carbonyl (C=O) groups is 1. The van der Waals surface area contributed by atoms with E-state index < -0.39 is 5.82 Å². The van der Waals surface area contributed by atoms with E-state index in [4.69, 9.17) is 17.3 Å². The zero-order valence-electron chi connectivity index (χ0n) is 12.2. The van der Waals surface area contributed by atoms with Gasteiger partial charge in [0.2, 0.25) is 5.91 Å². The van der Waals surface area contributed by atoms with Crippen molar-refractivity contribution >= 4 is 29.9 Å². The molecule has 0 aromatic heterocycles. The van der Waals surface area contributed by atoms with Crippen molar-refractivity contribution in [3.63, 3.8) is 0 Å². The lowest BCUT2D eigenvalue weighted by Crippen LogP contribution is -2.26. The maximum atomic E-state index is 13.1. The molecule has 1 aromatic carbocycles. The Morgan fingerprint density at radius 2 is 2.00 bits per heavy atom. The zero-order chi connectivity index (χ0) is 15.0. The molecule has 0 aliphatic carbocycles. The van der Waals surface area contributed by atoms with Crippen LogP contribution >= 0.6 is 24.0 Å². The summed E-state index contributed by atoms with van der Waals surface area (Å²) in [7, 11) is 0. The first-order valence-corrected chi connectivity index (χ1v) is 7.36. The number of nitrogens with one attached hydrogen (secondary N) is 1. The Balaban J connectivity index is 0.00000400. The van der Waals surface area contributed by atoms with Crippen molar-refractivity contribution < 1.29 is 9.18 Å². The second kappa shape index (κ2) is 10.8. The minimum Gasteiger partial charge on any atom is -0.350 e. The maximum absolute atomic E-state index is 13.1. The highest BCUT2D eigenvalue weighted by Gasteiger charge is 2.11. The van der Waals surface area contributed by atoms with Gasteiger partial charge in [-0.25, -0.2) is 4.39 Å². The first-order valence-electron chi connectivity index (χ1n) is 6.99. The van der Waals surface area contributed by atoms with Crippen molar-refractivity contribution in [3.05, 3.63) is 34.6 Å². The van der Waals surface area contributed by atoms with Gasteiger partial charge in [0.1, 0.15) is 5.82 Å².